The Hall–Kier alpha value is -1.58. The minimum Gasteiger partial charge on any atom is -0.496 e. The van der Waals surface area contributed by atoms with Crippen molar-refractivity contribution in [2.24, 2.45) is 0 Å². The van der Waals surface area contributed by atoms with Crippen molar-refractivity contribution >= 4 is 10.0 Å². The summed E-state index contributed by atoms with van der Waals surface area (Å²) in [5, 5.41) is 8.51. The molecule has 1 aromatic carbocycles. The van der Waals surface area contributed by atoms with E-state index in [4.69, 9.17) is 10.00 Å². The van der Waals surface area contributed by atoms with Gasteiger partial charge in [0, 0.05) is 7.05 Å². The maximum atomic E-state index is 12.0. The molecule has 0 atom stereocenters. The summed E-state index contributed by atoms with van der Waals surface area (Å²) in [6, 6.07) is 6.40. The van der Waals surface area contributed by atoms with Crippen LogP contribution in [0.15, 0.2) is 23.1 Å². The lowest BCUT2D eigenvalue weighted by Gasteiger charge is -2.14. The van der Waals surface area contributed by atoms with Crippen LogP contribution < -0.4 is 4.74 Å². The van der Waals surface area contributed by atoms with E-state index >= 15 is 0 Å². The lowest BCUT2D eigenvalue weighted by molar-refractivity contribution is 0.411. The van der Waals surface area contributed by atoms with Gasteiger partial charge in [-0.2, -0.15) is 9.57 Å². The van der Waals surface area contributed by atoms with E-state index in [1.54, 1.807) is 19.1 Å². The number of rotatable bonds is 4. The number of benzene rings is 1. The van der Waals surface area contributed by atoms with Crippen LogP contribution in [0.1, 0.15) is 5.56 Å². The SMILES string of the molecule is COc1ccc(S(=O)(=O)N(C)CC#N)cc1C. The van der Waals surface area contributed by atoms with Gasteiger partial charge >= 0.3 is 0 Å². The molecule has 0 unspecified atom stereocenters. The average Bonchev–Trinajstić information content (AvgIpc) is 2.29. The summed E-state index contributed by atoms with van der Waals surface area (Å²) >= 11 is 0. The molecular formula is C11H14N2O3S. The second-order valence-corrected chi connectivity index (χ2v) is 5.60. The molecule has 17 heavy (non-hydrogen) atoms. The third kappa shape index (κ3) is 2.75. The summed E-state index contributed by atoms with van der Waals surface area (Å²) in [6.45, 7) is 1.59. The fraction of sp³-hybridized carbons (Fsp3) is 0.364. The minimum absolute atomic E-state index is 0.161. The molecule has 0 radical (unpaired) electrons. The van der Waals surface area contributed by atoms with E-state index in [9.17, 15) is 8.42 Å². The average molecular weight is 254 g/mol. The van der Waals surface area contributed by atoms with Gasteiger partial charge in [-0.15, -0.1) is 0 Å². The lowest BCUT2D eigenvalue weighted by atomic mass is 10.2. The Morgan fingerprint density at radius 2 is 2.12 bits per heavy atom. The highest BCUT2D eigenvalue weighted by atomic mass is 32.2. The van der Waals surface area contributed by atoms with Crippen LogP contribution in [0, 0.1) is 18.3 Å². The highest BCUT2D eigenvalue weighted by Crippen LogP contribution is 2.22. The van der Waals surface area contributed by atoms with Crippen LogP contribution in [0.25, 0.3) is 0 Å². The molecule has 0 spiro atoms. The molecule has 5 nitrogen and oxygen atoms in total. The normalized spacial score (nSPS) is 11.2. The van der Waals surface area contributed by atoms with Crippen LogP contribution in [-0.4, -0.2) is 33.4 Å². The van der Waals surface area contributed by atoms with E-state index in [0.29, 0.717) is 5.75 Å². The summed E-state index contributed by atoms with van der Waals surface area (Å²) in [6.07, 6.45) is 0. The number of methoxy groups -OCH3 is 1. The van der Waals surface area contributed by atoms with Gasteiger partial charge in [-0.3, -0.25) is 0 Å². The Kier molecular flexibility index (Phi) is 4.10. The first kappa shape index (κ1) is 13.5. The molecule has 1 aromatic rings. The molecular weight excluding hydrogens is 240 g/mol. The van der Waals surface area contributed by atoms with Crippen LogP contribution in [0.5, 0.6) is 5.75 Å². The van der Waals surface area contributed by atoms with E-state index in [1.807, 2.05) is 0 Å². The molecule has 0 saturated heterocycles. The van der Waals surface area contributed by atoms with Crippen LogP contribution in [0.3, 0.4) is 0 Å². The topological polar surface area (TPSA) is 70.4 Å². The maximum Gasteiger partial charge on any atom is 0.243 e. The Labute approximate surface area is 101 Å². The van der Waals surface area contributed by atoms with E-state index in [2.05, 4.69) is 0 Å². The minimum atomic E-state index is -3.59. The summed E-state index contributed by atoms with van der Waals surface area (Å²) in [4.78, 5) is 0.161. The van der Waals surface area contributed by atoms with Gasteiger partial charge in [0.05, 0.1) is 18.1 Å². The molecule has 0 aliphatic rings. The van der Waals surface area contributed by atoms with Gasteiger partial charge in [-0.25, -0.2) is 8.42 Å². The zero-order valence-electron chi connectivity index (χ0n) is 9.97. The number of ether oxygens (including phenoxy) is 1. The lowest BCUT2D eigenvalue weighted by Crippen LogP contribution is -2.27. The van der Waals surface area contributed by atoms with Crippen molar-refractivity contribution in [1.29, 1.82) is 5.26 Å². The summed E-state index contributed by atoms with van der Waals surface area (Å²) in [5.74, 6) is 0.631. The highest BCUT2D eigenvalue weighted by Gasteiger charge is 2.20. The predicted octanol–water partition coefficient (Wildman–Crippen LogP) is 1.15. The number of nitriles is 1. The second kappa shape index (κ2) is 5.17. The zero-order valence-corrected chi connectivity index (χ0v) is 10.8. The summed E-state index contributed by atoms with van der Waals surface area (Å²) in [5.41, 5.74) is 0.735. The van der Waals surface area contributed by atoms with Crippen molar-refractivity contribution in [1.82, 2.24) is 4.31 Å². The standard InChI is InChI=1S/C11H14N2O3S/c1-9-8-10(4-5-11(9)16-3)17(14,15)13(2)7-6-12/h4-5,8H,7H2,1-3H3. The first-order valence-corrected chi connectivity index (χ1v) is 6.35. The fourth-order valence-electron chi connectivity index (χ4n) is 1.38. The van der Waals surface area contributed by atoms with Crippen LogP contribution in [-0.2, 0) is 10.0 Å². The number of sulfonamides is 1. The van der Waals surface area contributed by atoms with Crippen molar-refractivity contribution in [3.8, 4) is 11.8 Å². The second-order valence-electron chi connectivity index (χ2n) is 3.55. The van der Waals surface area contributed by atoms with E-state index in [-0.39, 0.29) is 11.4 Å². The van der Waals surface area contributed by atoms with Crippen LogP contribution in [0.2, 0.25) is 0 Å². The molecule has 0 N–H and O–H groups in total. The molecule has 0 amide bonds. The fourth-order valence-corrected chi connectivity index (χ4v) is 2.53. The molecule has 1 rings (SSSR count). The van der Waals surface area contributed by atoms with Crippen molar-refractivity contribution in [3.63, 3.8) is 0 Å². The Morgan fingerprint density at radius 1 is 1.47 bits per heavy atom. The van der Waals surface area contributed by atoms with Gasteiger partial charge in [-0.1, -0.05) is 0 Å². The Balaban J connectivity index is 3.17. The van der Waals surface area contributed by atoms with Crippen LogP contribution in [0.4, 0.5) is 0 Å². The van der Waals surface area contributed by atoms with Crippen molar-refractivity contribution < 1.29 is 13.2 Å². The van der Waals surface area contributed by atoms with Gasteiger partial charge in [-0.05, 0) is 30.7 Å². The van der Waals surface area contributed by atoms with Gasteiger partial charge in [0.15, 0.2) is 0 Å². The molecule has 6 heteroatoms. The molecule has 0 heterocycles. The van der Waals surface area contributed by atoms with Crippen molar-refractivity contribution in [3.05, 3.63) is 23.8 Å². The van der Waals surface area contributed by atoms with Gasteiger partial charge in [0.2, 0.25) is 10.0 Å². The molecule has 0 aliphatic carbocycles. The van der Waals surface area contributed by atoms with E-state index in [1.165, 1.54) is 26.3 Å². The molecule has 0 bridgehead atoms. The smallest absolute Gasteiger partial charge is 0.243 e. The molecule has 0 aromatic heterocycles. The number of nitrogens with zero attached hydrogens (tertiary/aromatic N) is 2. The zero-order chi connectivity index (χ0) is 13.1. The Bertz CT molecular complexity index is 546. The van der Waals surface area contributed by atoms with E-state index in [0.717, 1.165) is 9.87 Å². The van der Waals surface area contributed by atoms with Crippen molar-refractivity contribution in [2.75, 3.05) is 20.7 Å². The predicted molar refractivity (Wildman–Crippen MR) is 63.2 cm³/mol. The maximum absolute atomic E-state index is 12.0. The highest BCUT2D eigenvalue weighted by molar-refractivity contribution is 7.89. The number of hydrogen-bond acceptors (Lipinski definition) is 4. The molecule has 0 saturated carbocycles. The number of hydrogen-bond donors (Lipinski definition) is 0. The third-order valence-corrected chi connectivity index (χ3v) is 4.17. The Morgan fingerprint density at radius 3 is 2.59 bits per heavy atom. The summed E-state index contributed by atoms with van der Waals surface area (Å²) in [7, 11) is -0.694. The first-order chi connectivity index (χ1) is 7.93. The van der Waals surface area contributed by atoms with Gasteiger partial charge < -0.3 is 4.74 Å². The molecule has 92 valence electrons. The number of aryl methyl sites for hydroxylation is 1. The van der Waals surface area contributed by atoms with Crippen molar-refractivity contribution in [2.45, 2.75) is 11.8 Å². The monoisotopic (exact) mass is 254 g/mol. The molecule has 0 fully saturated rings. The quantitative estimate of drug-likeness (QED) is 0.756. The largest absolute Gasteiger partial charge is 0.496 e. The van der Waals surface area contributed by atoms with Gasteiger partial charge in [0.25, 0.3) is 0 Å². The molecule has 0 aliphatic heterocycles. The van der Waals surface area contributed by atoms with Gasteiger partial charge in [0.1, 0.15) is 12.3 Å². The van der Waals surface area contributed by atoms with E-state index < -0.39 is 10.0 Å². The van der Waals surface area contributed by atoms with Crippen LogP contribution >= 0.6 is 0 Å². The first-order valence-electron chi connectivity index (χ1n) is 4.91. The third-order valence-electron chi connectivity index (χ3n) is 2.37. The summed E-state index contributed by atoms with van der Waals surface area (Å²) < 4.78 is 30.1.